The minimum absolute atomic E-state index is 0.253. The fourth-order valence-corrected chi connectivity index (χ4v) is 6.10. The molecule has 2 saturated heterocycles. The normalized spacial score (nSPS) is 18.9. The maximum atomic E-state index is 9.70. The highest BCUT2D eigenvalue weighted by atomic mass is 32.1. The first-order chi connectivity index (χ1) is 16.9. The quantitative estimate of drug-likeness (QED) is 0.520. The van der Waals surface area contributed by atoms with Crippen LogP contribution in [0.3, 0.4) is 0 Å². The van der Waals surface area contributed by atoms with Gasteiger partial charge in [-0.05, 0) is 26.3 Å². The summed E-state index contributed by atoms with van der Waals surface area (Å²) in [5.41, 5.74) is 9.57. The maximum Gasteiger partial charge on any atom is 0.220 e. The highest BCUT2D eigenvalue weighted by Crippen LogP contribution is 2.38. The number of morpholine rings is 1. The van der Waals surface area contributed by atoms with Crippen molar-refractivity contribution in [2.75, 3.05) is 69.7 Å². The van der Waals surface area contributed by atoms with Crippen molar-refractivity contribution < 1.29 is 9.84 Å². The zero-order chi connectivity index (χ0) is 24.5. The van der Waals surface area contributed by atoms with Crippen molar-refractivity contribution in [1.82, 2.24) is 29.7 Å². The summed E-state index contributed by atoms with van der Waals surface area (Å²) in [7, 11) is 0. The van der Waals surface area contributed by atoms with Crippen LogP contribution in [-0.4, -0.2) is 100.0 Å². The minimum atomic E-state index is -0.284. The van der Waals surface area contributed by atoms with Crippen LogP contribution in [0.1, 0.15) is 23.1 Å². The predicted molar refractivity (Wildman–Crippen MR) is 139 cm³/mol. The van der Waals surface area contributed by atoms with Crippen molar-refractivity contribution in [3.05, 3.63) is 22.3 Å². The highest BCUT2D eigenvalue weighted by Gasteiger charge is 2.25. The van der Waals surface area contributed by atoms with Crippen LogP contribution >= 0.6 is 11.3 Å². The van der Waals surface area contributed by atoms with Crippen molar-refractivity contribution in [2.24, 2.45) is 0 Å². The summed E-state index contributed by atoms with van der Waals surface area (Å²) in [6, 6.07) is 0. The lowest BCUT2D eigenvalue weighted by Crippen LogP contribution is -2.47. The molecule has 10 nitrogen and oxygen atoms in total. The molecule has 2 aliphatic heterocycles. The number of hydrogen-bond acceptors (Lipinski definition) is 11. The van der Waals surface area contributed by atoms with E-state index in [1.54, 1.807) is 17.5 Å². The Balaban J connectivity index is 1.49. The number of aliphatic hydroxyl groups excluding tert-OH is 1. The molecule has 3 aromatic heterocycles. The number of hydrogen-bond donors (Lipinski definition) is 2. The number of ether oxygens (including phenoxy) is 1. The van der Waals surface area contributed by atoms with Gasteiger partial charge >= 0.3 is 0 Å². The molecule has 35 heavy (non-hydrogen) atoms. The largest absolute Gasteiger partial charge is 0.392 e. The van der Waals surface area contributed by atoms with Gasteiger partial charge in [0.05, 0.1) is 40.8 Å². The van der Waals surface area contributed by atoms with Crippen molar-refractivity contribution >= 4 is 33.3 Å². The lowest BCUT2D eigenvalue weighted by atomic mass is 10.2. The minimum Gasteiger partial charge on any atom is -0.392 e. The Bertz CT molecular complexity index is 1190. The molecule has 0 saturated carbocycles. The molecule has 0 bridgehead atoms. The molecule has 188 valence electrons. The third kappa shape index (κ3) is 5.24. The number of aryl methyl sites for hydroxylation is 2. The van der Waals surface area contributed by atoms with E-state index in [0.29, 0.717) is 19.0 Å². The number of β-amino-alcohol motifs (C(OH)–C–C–N with tert-alkyl or cyclic N) is 1. The Kier molecular flexibility index (Phi) is 7.12. The van der Waals surface area contributed by atoms with E-state index in [9.17, 15) is 5.11 Å². The first kappa shape index (κ1) is 24.3. The van der Waals surface area contributed by atoms with E-state index in [-0.39, 0.29) is 12.1 Å². The van der Waals surface area contributed by atoms with E-state index in [1.807, 2.05) is 13.8 Å². The third-order valence-corrected chi connectivity index (χ3v) is 8.01. The van der Waals surface area contributed by atoms with Crippen LogP contribution < -0.4 is 10.6 Å². The zero-order valence-electron chi connectivity index (χ0n) is 20.7. The molecule has 0 spiro atoms. The number of nitrogen functional groups attached to an aromatic ring is 1. The second-order valence-corrected chi connectivity index (χ2v) is 10.6. The molecule has 11 heteroatoms. The first-order valence-electron chi connectivity index (χ1n) is 12.2. The molecular formula is C24H34N8O2S. The van der Waals surface area contributed by atoms with Gasteiger partial charge in [-0.1, -0.05) is 0 Å². The number of piperazine rings is 1. The fraction of sp³-hybridized carbons (Fsp3) is 0.583. The molecule has 5 rings (SSSR count). The molecule has 2 fully saturated rings. The monoisotopic (exact) mass is 498 g/mol. The maximum absolute atomic E-state index is 9.70. The summed E-state index contributed by atoms with van der Waals surface area (Å²) in [5.74, 6) is 1.85. The van der Waals surface area contributed by atoms with Crippen LogP contribution in [-0.2, 0) is 11.3 Å². The number of nitrogens with zero attached hydrogens (tertiary/aromatic N) is 7. The fourth-order valence-electron chi connectivity index (χ4n) is 4.79. The van der Waals surface area contributed by atoms with Crippen LogP contribution in [0.15, 0.2) is 6.20 Å². The molecule has 3 N–H and O–H groups in total. The standard InChI is InChI=1S/C24H34N8O2S/c1-15(33)13-30-4-6-31(7-5-30)14-19-16(2)20-21(35-19)23(32-8-10-34-11-9-32)29-22(28-20)18-12-26-24(25)27-17(18)3/h12,15,33H,4-11,13-14H2,1-3H3,(H2,25,26,27)/t15-/m0/s1. The first-order valence-corrected chi connectivity index (χ1v) is 13.1. The van der Waals surface area contributed by atoms with Gasteiger partial charge in [-0.3, -0.25) is 9.80 Å². The highest BCUT2D eigenvalue weighted by molar-refractivity contribution is 7.19. The van der Waals surface area contributed by atoms with Gasteiger partial charge in [0.2, 0.25) is 5.95 Å². The van der Waals surface area contributed by atoms with Crippen molar-refractivity contribution in [3.63, 3.8) is 0 Å². The lowest BCUT2D eigenvalue weighted by Gasteiger charge is -2.35. The van der Waals surface area contributed by atoms with Crippen molar-refractivity contribution in [3.8, 4) is 11.4 Å². The SMILES string of the molecule is Cc1nc(N)ncc1-c1nc(N2CCOCC2)c2sc(CN3CCN(C[C@H](C)O)CC3)c(C)c2n1. The molecule has 1 atom stereocenters. The van der Waals surface area contributed by atoms with E-state index in [1.165, 1.54) is 10.4 Å². The summed E-state index contributed by atoms with van der Waals surface area (Å²) < 4.78 is 6.73. The Labute approximate surface area is 209 Å². The van der Waals surface area contributed by atoms with Crippen LogP contribution in [0, 0.1) is 13.8 Å². The number of fused-ring (bicyclic) bond motifs is 1. The third-order valence-electron chi connectivity index (χ3n) is 6.75. The second kappa shape index (κ2) is 10.3. The van der Waals surface area contributed by atoms with Crippen LogP contribution in [0.2, 0.25) is 0 Å². The summed E-state index contributed by atoms with van der Waals surface area (Å²) >= 11 is 1.81. The zero-order valence-corrected chi connectivity index (χ0v) is 21.5. The number of nitrogens with two attached hydrogens (primary N) is 1. The number of aliphatic hydroxyl groups is 1. The molecule has 0 unspecified atom stereocenters. The summed E-state index contributed by atoms with van der Waals surface area (Å²) in [4.78, 5) is 27.0. The second-order valence-electron chi connectivity index (χ2n) is 9.45. The Hall–Kier alpha value is -2.44. The van der Waals surface area contributed by atoms with Crippen LogP contribution in [0.5, 0.6) is 0 Å². The summed E-state index contributed by atoms with van der Waals surface area (Å²) in [5, 5.41) is 9.70. The van der Waals surface area contributed by atoms with Crippen molar-refractivity contribution in [1.29, 1.82) is 0 Å². The van der Waals surface area contributed by atoms with Gasteiger partial charge in [-0.2, -0.15) is 0 Å². The number of thiophene rings is 1. The van der Waals surface area contributed by atoms with Gasteiger partial charge in [0.25, 0.3) is 0 Å². The molecule has 5 heterocycles. The molecule has 0 radical (unpaired) electrons. The number of anilines is 2. The lowest BCUT2D eigenvalue weighted by molar-refractivity contribution is 0.0784. The summed E-state index contributed by atoms with van der Waals surface area (Å²) in [6.07, 6.45) is 1.44. The molecule has 0 aromatic carbocycles. The molecular weight excluding hydrogens is 464 g/mol. The van der Waals surface area contributed by atoms with E-state index in [0.717, 1.165) is 79.6 Å². The molecule has 2 aliphatic rings. The van der Waals surface area contributed by atoms with Crippen molar-refractivity contribution in [2.45, 2.75) is 33.4 Å². The average molecular weight is 499 g/mol. The van der Waals surface area contributed by atoms with Gasteiger partial charge < -0.3 is 20.5 Å². The van der Waals surface area contributed by atoms with Crippen LogP contribution in [0.25, 0.3) is 21.6 Å². The topological polar surface area (TPSA) is 117 Å². The van der Waals surface area contributed by atoms with E-state index in [2.05, 4.69) is 31.6 Å². The smallest absolute Gasteiger partial charge is 0.220 e. The Morgan fingerprint density at radius 2 is 1.77 bits per heavy atom. The van der Waals surface area contributed by atoms with Gasteiger partial charge in [0.1, 0.15) is 0 Å². The van der Waals surface area contributed by atoms with E-state index >= 15 is 0 Å². The Morgan fingerprint density at radius 1 is 1.06 bits per heavy atom. The van der Waals surface area contributed by atoms with Gasteiger partial charge in [-0.25, -0.2) is 19.9 Å². The Morgan fingerprint density at radius 3 is 2.46 bits per heavy atom. The van der Waals surface area contributed by atoms with E-state index < -0.39 is 0 Å². The number of rotatable bonds is 6. The van der Waals surface area contributed by atoms with Gasteiger partial charge in [0, 0.05) is 63.4 Å². The average Bonchev–Trinajstić information content (AvgIpc) is 3.15. The molecule has 0 amide bonds. The van der Waals surface area contributed by atoms with E-state index in [4.69, 9.17) is 20.4 Å². The van der Waals surface area contributed by atoms with Gasteiger partial charge in [-0.15, -0.1) is 11.3 Å². The number of aromatic nitrogens is 4. The molecule has 3 aromatic rings. The van der Waals surface area contributed by atoms with Gasteiger partial charge in [0.15, 0.2) is 11.6 Å². The summed E-state index contributed by atoms with van der Waals surface area (Å²) in [6.45, 7) is 14.5. The molecule has 0 aliphatic carbocycles. The van der Waals surface area contributed by atoms with Crippen LogP contribution in [0.4, 0.5) is 11.8 Å². The predicted octanol–water partition coefficient (Wildman–Crippen LogP) is 1.68.